The molecule has 0 amide bonds. The predicted octanol–water partition coefficient (Wildman–Crippen LogP) is 8.81. The maximum absolute atomic E-state index is 11.6. The largest absolute Gasteiger partial charge is 0.324 e. The van der Waals surface area contributed by atoms with Crippen LogP contribution in [0.25, 0.3) is 21.4 Å². The normalized spacial score (nSPS) is 10.5. The first-order chi connectivity index (χ1) is 20.7. The summed E-state index contributed by atoms with van der Waals surface area (Å²) in [4.78, 5) is 38.4. The van der Waals surface area contributed by atoms with Crippen LogP contribution < -0.4 is 10.6 Å². The van der Waals surface area contributed by atoms with Gasteiger partial charge >= 0.3 is 0 Å². The highest BCUT2D eigenvalue weighted by Crippen LogP contribution is 2.28. The first kappa shape index (κ1) is 30.2. The number of anilines is 4. The molecule has 6 rings (SSSR count). The van der Waals surface area contributed by atoms with Crippen molar-refractivity contribution in [1.82, 2.24) is 29.9 Å². The second-order valence-corrected chi connectivity index (χ2v) is 11.8. The van der Waals surface area contributed by atoms with Crippen LogP contribution in [0, 0.1) is 13.8 Å². The zero-order valence-electron chi connectivity index (χ0n) is 23.2. The number of benzene rings is 2. The summed E-state index contributed by atoms with van der Waals surface area (Å²) in [5.74, 6) is 1.01. The highest BCUT2D eigenvalue weighted by atomic mass is 35.5. The van der Waals surface area contributed by atoms with Crippen LogP contribution in [-0.2, 0) is 0 Å². The van der Waals surface area contributed by atoms with Crippen molar-refractivity contribution in [3.8, 4) is 21.4 Å². The molecule has 6 aromatic rings. The molecule has 9 nitrogen and oxygen atoms in total. The van der Waals surface area contributed by atoms with E-state index >= 15 is 0 Å². The summed E-state index contributed by atoms with van der Waals surface area (Å²) in [6, 6.07) is 18.3. The van der Waals surface area contributed by atoms with E-state index in [0.717, 1.165) is 33.5 Å². The molecule has 2 N–H and O–H groups in total. The Balaban J connectivity index is 0.000000173. The molecule has 0 aliphatic carbocycles. The zero-order valence-corrected chi connectivity index (χ0v) is 26.3. The molecule has 13 heteroatoms. The Hall–Kier alpha value is -4.29. The molecule has 0 saturated heterocycles. The van der Waals surface area contributed by atoms with Crippen molar-refractivity contribution in [2.45, 2.75) is 20.8 Å². The number of carbonyl (C=O) groups is 1. The molecule has 4 heterocycles. The number of hydrogen-bond donors (Lipinski definition) is 2. The fraction of sp³-hybridized carbons (Fsp3) is 0.100. The Labute approximate surface area is 266 Å². The van der Waals surface area contributed by atoms with E-state index in [1.807, 2.05) is 61.7 Å². The molecule has 2 aromatic carbocycles. The number of nitrogens with zero attached hydrogens (tertiary/aromatic N) is 6. The van der Waals surface area contributed by atoms with Crippen LogP contribution >= 0.6 is 45.9 Å². The SMILES string of the molecule is CC(=O)c1sc(-c2ccnc(Nc3ccc(Cl)cc3)n2)nc1C.Cc1csc(-c2ccnc(Nc3ccc(Cl)cc3)n2)n1. The zero-order chi connectivity index (χ0) is 30.3. The lowest BCUT2D eigenvalue weighted by Gasteiger charge is -2.05. The molecule has 0 unspecified atom stereocenters. The van der Waals surface area contributed by atoms with Crippen molar-refractivity contribution >= 4 is 74.9 Å². The van der Waals surface area contributed by atoms with Crippen molar-refractivity contribution in [2.75, 3.05) is 10.6 Å². The minimum Gasteiger partial charge on any atom is -0.324 e. The second-order valence-electron chi connectivity index (χ2n) is 9.08. The number of Topliss-reactive ketones (excluding diaryl/α,β-unsaturated/α-hetero) is 1. The van der Waals surface area contributed by atoms with E-state index in [-0.39, 0.29) is 5.78 Å². The van der Waals surface area contributed by atoms with Gasteiger partial charge in [-0.3, -0.25) is 4.79 Å². The van der Waals surface area contributed by atoms with Crippen molar-refractivity contribution in [2.24, 2.45) is 0 Å². The lowest BCUT2D eigenvalue weighted by atomic mass is 10.3. The van der Waals surface area contributed by atoms with Gasteiger partial charge in [0, 0.05) is 51.8 Å². The van der Waals surface area contributed by atoms with Crippen LogP contribution in [0.3, 0.4) is 0 Å². The molecule has 0 fully saturated rings. The Kier molecular flexibility index (Phi) is 9.68. The summed E-state index contributed by atoms with van der Waals surface area (Å²) in [5.41, 5.74) is 4.94. The number of nitrogens with one attached hydrogen (secondary N) is 2. The minimum atomic E-state index is 0.0137. The van der Waals surface area contributed by atoms with Crippen molar-refractivity contribution in [3.05, 3.63) is 105 Å². The first-order valence-electron chi connectivity index (χ1n) is 12.9. The van der Waals surface area contributed by atoms with Gasteiger partial charge in [0.25, 0.3) is 0 Å². The highest BCUT2D eigenvalue weighted by molar-refractivity contribution is 7.17. The van der Waals surface area contributed by atoms with Gasteiger partial charge in [0.1, 0.15) is 21.4 Å². The summed E-state index contributed by atoms with van der Waals surface area (Å²) in [5, 5.41) is 11.2. The second kappa shape index (κ2) is 13.8. The van der Waals surface area contributed by atoms with E-state index in [1.54, 1.807) is 41.9 Å². The van der Waals surface area contributed by atoms with Crippen molar-refractivity contribution in [1.29, 1.82) is 0 Å². The Morgan fingerprint density at radius 2 is 1.21 bits per heavy atom. The number of ketones is 1. The fourth-order valence-electron chi connectivity index (χ4n) is 3.70. The first-order valence-corrected chi connectivity index (χ1v) is 15.3. The van der Waals surface area contributed by atoms with Crippen LogP contribution in [0.4, 0.5) is 23.3 Å². The highest BCUT2D eigenvalue weighted by Gasteiger charge is 2.14. The van der Waals surface area contributed by atoms with Gasteiger partial charge in [-0.15, -0.1) is 22.7 Å². The van der Waals surface area contributed by atoms with Gasteiger partial charge in [0.15, 0.2) is 5.78 Å². The van der Waals surface area contributed by atoms with Crippen LogP contribution in [0.15, 0.2) is 78.4 Å². The number of aryl methyl sites for hydroxylation is 2. The summed E-state index contributed by atoms with van der Waals surface area (Å²) >= 11 is 14.6. The van der Waals surface area contributed by atoms with Crippen LogP contribution in [0.1, 0.15) is 28.0 Å². The third kappa shape index (κ3) is 8.17. The number of halogens is 2. The Bertz CT molecular complexity index is 1860. The number of carbonyl (C=O) groups excluding carboxylic acids is 1. The number of thiazole rings is 2. The summed E-state index contributed by atoms with van der Waals surface area (Å²) in [6.45, 7) is 5.33. The molecule has 0 aliphatic heterocycles. The number of hydrogen-bond acceptors (Lipinski definition) is 11. The monoisotopic (exact) mass is 646 g/mol. The minimum absolute atomic E-state index is 0.0137. The van der Waals surface area contributed by atoms with E-state index in [9.17, 15) is 4.79 Å². The van der Waals surface area contributed by atoms with Crippen molar-refractivity contribution in [3.63, 3.8) is 0 Å². The third-order valence-electron chi connectivity index (χ3n) is 5.69. The molecule has 0 radical (unpaired) electrons. The molecular weight excluding hydrogens is 623 g/mol. The van der Waals surface area contributed by atoms with Gasteiger partial charge in [-0.2, -0.15) is 0 Å². The van der Waals surface area contributed by atoms with E-state index in [0.29, 0.717) is 37.5 Å². The lowest BCUT2D eigenvalue weighted by molar-refractivity contribution is 0.102. The van der Waals surface area contributed by atoms with E-state index in [4.69, 9.17) is 23.2 Å². The lowest BCUT2D eigenvalue weighted by Crippen LogP contribution is -1.97. The molecule has 43 heavy (non-hydrogen) atoms. The fourth-order valence-corrected chi connectivity index (χ4v) is 5.65. The molecule has 0 bridgehead atoms. The summed E-state index contributed by atoms with van der Waals surface area (Å²) < 4.78 is 0. The van der Waals surface area contributed by atoms with Gasteiger partial charge < -0.3 is 10.6 Å². The van der Waals surface area contributed by atoms with Gasteiger partial charge in [-0.1, -0.05) is 23.2 Å². The average molecular weight is 648 g/mol. The Morgan fingerprint density at radius 1 is 0.698 bits per heavy atom. The molecule has 0 aliphatic rings. The molecule has 216 valence electrons. The average Bonchev–Trinajstić information content (AvgIpc) is 3.62. The van der Waals surface area contributed by atoms with Crippen LogP contribution in [0.5, 0.6) is 0 Å². The Morgan fingerprint density at radius 3 is 1.65 bits per heavy atom. The summed E-state index contributed by atoms with van der Waals surface area (Å²) in [7, 11) is 0. The molecule has 4 aromatic heterocycles. The van der Waals surface area contributed by atoms with Crippen molar-refractivity contribution < 1.29 is 4.79 Å². The molecular formula is C30H24Cl2N8OS2. The maximum Gasteiger partial charge on any atom is 0.227 e. The van der Waals surface area contributed by atoms with Crippen LogP contribution in [0.2, 0.25) is 10.0 Å². The topological polar surface area (TPSA) is 118 Å². The smallest absolute Gasteiger partial charge is 0.227 e. The van der Waals surface area contributed by atoms with E-state index in [2.05, 4.69) is 40.5 Å². The molecule has 0 spiro atoms. The van der Waals surface area contributed by atoms with E-state index < -0.39 is 0 Å². The van der Waals surface area contributed by atoms with Gasteiger partial charge in [-0.05, 0) is 74.5 Å². The predicted molar refractivity (Wildman–Crippen MR) is 175 cm³/mol. The third-order valence-corrected chi connectivity index (χ3v) is 8.45. The molecule has 0 saturated carbocycles. The van der Waals surface area contributed by atoms with E-state index in [1.165, 1.54) is 18.3 Å². The van der Waals surface area contributed by atoms with Gasteiger partial charge in [-0.25, -0.2) is 29.9 Å². The standard InChI is InChI=1S/C16H13ClN4OS.C14H11ClN4S/c1-9-14(10(2)22)23-15(19-9)13-7-8-18-16(21-13)20-12-5-3-11(17)4-6-12;1-9-8-20-13(17-9)12-6-7-16-14(19-12)18-11-4-2-10(15)3-5-11/h3-8H,1-2H3,(H,18,20,21);2-8H,1H3,(H,16,18,19). The molecule has 0 atom stereocenters. The quantitative estimate of drug-likeness (QED) is 0.164. The van der Waals surface area contributed by atoms with Gasteiger partial charge in [0.05, 0.1) is 10.6 Å². The number of rotatable bonds is 7. The van der Waals surface area contributed by atoms with Gasteiger partial charge in [0.2, 0.25) is 11.9 Å². The summed E-state index contributed by atoms with van der Waals surface area (Å²) in [6.07, 6.45) is 3.38. The maximum atomic E-state index is 11.6. The van der Waals surface area contributed by atoms with Crippen LogP contribution in [-0.4, -0.2) is 35.7 Å². The number of aromatic nitrogens is 6.